The number of hydrogen-bond acceptors (Lipinski definition) is 2. The molecule has 0 aromatic rings. The van der Waals surface area contributed by atoms with E-state index in [2.05, 4.69) is 34.6 Å². The molecule has 0 aliphatic heterocycles. The molecule has 0 fully saturated rings. The molecule has 0 aromatic heterocycles. The summed E-state index contributed by atoms with van der Waals surface area (Å²) in [6.07, 6.45) is 1.13. The number of aliphatic imine (C=N–C) groups is 1. The molecule has 0 unspecified atom stereocenters. The molecule has 0 spiro atoms. The zero-order chi connectivity index (χ0) is 9.40. The van der Waals surface area contributed by atoms with Crippen LogP contribution in [-0.4, -0.2) is 52.1 Å². The van der Waals surface area contributed by atoms with Crippen LogP contribution in [0.2, 0.25) is 0 Å². The van der Waals surface area contributed by atoms with Crippen LogP contribution >= 0.6 is 0 Å². The fourth-order valence-electron chi connectivity index (χ4n) is 0.881. The Bertz CT molecular complexity index is 131. The molecule has 12 heavy (non-hydrogen) atoms. The average Bonchev–Trinajstić information content (AvgIpc) is 2.04. The van der Waals surface area contributed by atoms with Crippen molar-refractivity contribution >= 4 is 5.96 Å². The highest BCUT2D eigenvalue weighted by Crippen LogP contribution is 1.80. The predicted molar refractivity (Wildman–Crippen MR) is 53.6 cm³/mol. The molecule has 2 N–H and O–H groups in total. The lowest BCUT2D eigenvalue weighted by atomic mass is 10.4. The van der Waals surface area contributed by atoms with E-state index in [1.54, 1.807) is 7.05 Å². The van der Waals surface area contributed by atoms with E-state index >= 15 is 0 Å². The first-order chi connectivity index (χ1) is 5.70. The molecule has 0 bridgehead atoms. The maximum Gasteiger partial charge on any atom is 0.190 e. The quantitative estimate of drug-likeness (QED) is 0.348. The number of nitrogens with zero attached hydrogens (tertiary/aromatic N) is 2. The van der Waals surface area contributed by atoms with Crippen LogP contribution < -0.4 is 10.6 Å². The van der Waals surface area contributed by atoms with Gasteiger partial charge in [-0.1, -0.05) is 0 Å². The van der Waals surface area contributed by atoms with E-state index in [0.717, 1.165) is 25.5 Å². The van der Waals surface area contributed by atoms with Gasteiger partial charge < -0.3 is 15.5 Å². The van der Waals surface area contributed by atoms with Crippen molar-refractivity contribution in [3.05, 3.63) is 0 Å². The fraction of sp³-hybridized carbons (Fsp3) is 0.875. The molecule has 0 amide bonds. The van der Waals surface area contributed by atoms with Crippen molar-refractivity contribution in [3.63, 3.8) is 0 Å². The fourth-order valence-corrected chi connectivity index (χ4v) is 0.881. The highest BCUT2D eigenvalue weighted by Gasteiger charge is 1.92. The van der Waals surface area contributed by atoms with E-state index in [1.165, 1.54) is 0 Å². The number of hydrogen-bond donors (Lipinski definition) is 2. The van der Waals surface area contributed by atoms with Crippen LogP contribution in [0, 0.1) is 0 Å². The van der Waals surface area contributed by atoms with Gasteiger partial charge in [-0.2, -0.15) is 0 Å². The van der Waals surface area contributed by atoms with Gasteiger partial charge in [-0.05, 0) is 27.1 Å². The van der Waals surface area contributed by atoms with E-state index < -0.39 is 0 Å². The van der Waals surface area contributed by atoms with Crippen LogP contribution in [0.15, 0.2) is 4.99 Å². The Morgan fingerprint density at radius 1 is 1.42 bits per heavy atom. The van der Waals surface area contributed by atoms with Crippen LogP contribution in [0.1, 0.15) is 6.42 Å². The summed E-state index contributed by atoms with van der Waals surface area (Å²) < 4.78 is 0. The van der Waals surface area contributed by atoms with Crippen molar-refractivity contribution in [1.82, 2.24) is 15.5 Å². The normalized spacial score (nSPS) is 11.9. The average molecular weight is 172 g/mol. The molecule has 4 nitrogen and oxygen atoms in total. The Morgan fingerprint density at radius 2 is 2.08 bits per heavy atom. The monoisotopic (exact) mass is 172 g/mol. The van der Waals surface area contributed by atoms with Gasteiger partial charge in [-0.3, -0.25) is 4.99 Å². The second kappa shape index (κ2) is 6.91. The van der Waals surface area contributed by atoms with Crippen LogP contribution in [0.4, 0.5) is 0 Å². The summed E-state index contributed by atoms with van der Waals surface area (Å²) in [6, 6.07) is 0. The smallest absolute Gasteiger partial charge is 0.190 e. The molecular weight excluding hydrogens is 152 g/mol. The highest BCUT2D eigenvalue weighted by atomic mass is 15.2. The topological polar surface area (TPSA) is 39.7 Å². The number of rotatable bonds is 4. The summed E-state index contributed by atoms with van der Waals surface area (Å²) in [4.78, 5) is 6.17. The SMILES string of the molecule is CN=C(NC)NCCCN(C)C. The van der Waals surface area contributed by atoms with Crippen LogP contribution in [0.25, 0.3) is 0 Å². The Labute approximate surface area is 75.0 Å². The van der Waals surface area contributed by atoms with Crippen LogP contribution in [0.3, 0.4) is 0 Å². The lowest BCUT2D eigenvalue weighted by Gasteiger charge is -2.11. The third-order valence-corrected chi connectivity index (χ3v) is 1.53. The van der Waals surface area contributed by atoms with Crippen LogP contribution in [0.5, 0.6) is 0 Å². The van der Waals surface area contributed by atoms with Gasteiger partial charge in [0, 0.05) is 20.6 Å². The summed E-state index contributed by atoms with van der Waals surface area (Å²) in [5.74, 6) is 0.855. The Kier molecular flexibility index (Phi) is 6.47. The van der Waals surface area contributed by atoms with E-state index in [9.17, 15) is 0 Å². The second-order valence-corrected chi connectivity index (χ2v) is 2.91. The summed E-state index contributed by atoms with van der Waals surface area (Å²) >= 11 is 0. The maximum atomic E-state index is 4.00. The van der Waals surface area contributed by atoms with Crippen molar-refractivity contribution in [1.29, 1.82) is 0 Å². The van der Waals surface area contributed by atoms with Crippen molar-refractivity contribution in [2.24, 2.45) is 4.99 Å². The van der Waals surface area contributed by atoms with Gasteiger partial charge in [0.1, 0.15) is 0 Å². The van der Waals surface area contributed by atoms with Gasteiger partial charge in [-0.25, -0.2) is 0 Å². The van der Waals surface area contributed by atoms with E-state index in [4.69, 9.17) is 0 Å². The number of guanidine groups is 1. The van der Waals surface area contributed by atoms with Crippen LogP contribution in [-0.2, 0) is 0 Å². The van der Waals surface area contributed by atoms with E-state index in [0.29, 0.717) is 0 Å². The lowest BCUT2D eigenvalue weighted by Crippen LogP contribution is -2.36. The molecule has 0 saturated heterocycles. The minimum absolute atomic E-state index is 0.855. The lowest BCUT2D eigenvalue weighted by molar-refractivity contribution is 0.400. The summed E-state index contributed by atoms with van der Waals surface area (Å²) in [5, 5.41) is 6.15. The first kappa shape index (κ1) is 11.2. The highest BCUT2D eigenvalue weighted by molar-refractivity contribution is 5.79. The molecular formula is C8H20N4. The third kappa shape index (κ3) is 5.97. The minimum Gasteiger partial charge on any atom is -0.359 e. The van der Waals surface area contributed by atoms with Gasteiger partial charge in [0.15, 0.2) is 5.96 Å². The van der Waals surface area contributed by atoms with Crippen molar-refractivity contribution < 1.29 is 0 Å². The van der Waals surface area contributed by atoms with Crippen molar-refractivity contribution in [3.8, 4) is 0 Å². The Morgan fingerprint density at radius 3 is 2.50 bits per heavy atom. The second-order valence-electron chi connectivity index (χ2n) is 2.91. The molecule has 0 rings (SSSR count). The largest absolute Gasteiger partial charge is 0.359 e. The summed E-state index contributed by atoms with van der Waals surface area (Å²) in [6.45, 7) is 2.07. The summed E-state index contributed by atoms with van der Waals surface area (Å²) in [5.41, 5.74) is 0. The van der Waals surface area contributed by atoms with E-state index in [-0.39, 0.29) is 0 Å². The summed E-state index contributed by atoms with van der Waals surface area (Å²) in [7, 11) is 7.78. The molecule has 0 heterocycles. The van der Waals surface area contributed by atoms with Gasteiger partial charge in [-0.15, -0.1) is 0 Å². The zero-order valence-electron chi connectivity index (χ0n) is 8.52. The first-order valence-electron chi connectivity index (χ1n) is 4.24. The zero-order valence-corrected chi connectivity index (χ0v) is 8.52. The van der Waals surface area contributed by atoms with E-state index in [1.807, 2.05) is 7.05 Å². The maximum absolute atomic E-state index is 4.00. The van der Waals surface area contributed by atoms with Crippen molar-refractivity contribution in [2.45, 2.75) is 6.42 Å². The molecule has 0 aromatic carbocycles. The molecule has 4 heteroatoms. The molecule has 72 valence electrons. The molecule has 0 radical (unpaired) electrons. The Hall–Kier alpha value is -0.770. The molecule has 0 aliphatic rings. The molecule has 0 saturated carbocycles. The minimum atomic E-state index is 0.855. The van der Waals surface area contributed by atoms with Gasteiger partial charge in [0.05, 0.1) is 0 Å². The van der Waals surface area contributed by atoms with Gasteiger partial charge in [0.2, 0.25) is 0 Å². The van der Waals surface area contributed by atoms with Gasteiger partial charge >= 0.3 is 0 Å². The molecule has 0 aliphatic carbocycles. The van der Waals surface area contributed by atoms with Gasteiger partial charge in [0.25, 0.3) is 0 Å². The van der Waals surface area contributed by atoms with Crippen molar-refractivity contribution in [2.75, 3.05) is 41.3 Å². The predicted octanol–water partition coefficient (Wildman–Crippen LogP) is -0.267. The first-order valence-corrected chi connectivity index (χ1v) is 4.24. The third-order valence-electron chi connectivity index (χ3n) is 1.53. The molecule has 0 atom stereocenters. The Balaban J connectivity index is 3.30. The number of nitrogens with one attached hydrogen (secondary N) is 2. The standard InChI is InChI=1S/C8H20N4/c1-9-8(10-2)11-6-5-7-12(3)4/h5-7H2,1-4H3,(H2,9,10,11).